The highest BCUT2D eigenvalue weighted by molar-refractivity contribution is 6.06. The number of anilines is 1. The fourth-order valence-electron chi connectivity index (χ4n) is 3.88. The predicted octanol–water partition coefficient (Wildman–Crippen LogP) is 3.70. The molecule has 5 rings (SSSR count). The van der Waals surface area contributed by atoms with E-state index in [1.54, 1.807) is 67.6 Å². The first-order valence-electron chi connectivity index (χ1n) is 11.2. The maximum Gasteiger partial charge on any atom is 0.514 e. The van der Waals surface area contributed by atoms with Crippen LogP contribution < -0.4 is 10.1 Å². The van der Waals surface area contributed by atoms with Crippen molar-refractivity contribution in [1.82, 2.24) is 25.0 Å². The maximum absolute atomic E-state index is 15.6. The van der Waals surface area contributed by atoms with Crippen LogP contribution in [0.2, 0.25) is 0 Å². The number of carbonyl (C=O) groups is 2. The Morgan fingerprint density at radius 2 is 1.81 bits per heavy atom. The number of carbonyl (C=O) groups excluding carboxylic acids is 2. The molecule has 184 valence electrons. The molecule has 1 amide bonds. The van der Waals surface area contributed by atoms with E-state index in [-0.39, 0.29) is 22.7 Å². The molecule has 0 bridgehead atoms. The summed E-state index contributed by atoms with van der Waals surface area (Å²) in [5, 5.41) is 10.7. The highest BCUT2D eigenvalue weighted by Crippen LogP contribution is 2.36. The Kier molecular flexibility index (Phi) is 6.50. The van der Waals surface area contributed by atoms with Crippen LogP contribution in [0.15, 0.2) is 67.0 Å². The summed E-state index contributed by atoms with van der Waals surface area (Å²) in [6.07, 6.45) is -4.55. The van der Waals surface area contributed by atoms with Crippen LogP contribution in [0, 0.1) is 0 Å². The number of ether oxygens (including phenoxy) is 3. The van der Waals surface area contributed by atoms with Gasteiger partial charge in [0, 0.05) is 5.56 Å². The van der Waals surface area contributed by atoms with Crippen molar-refractivity contribution in [2.75, 3.05) is 5.32 Å². The van der Waals surface area contributed by atoms with E-state index in [1.165, 1.54) is 6.33 Å². The summed E-state index contributed by atoms with van der Waals surface area (Å²) < 4.78 is 32.9. The van der Waals surface area contributed by atoms with Gasteiger partial charge in [0.25, 0.3) is 5.91 Å². The maximum atomic E-state index is 15.6. The van der Waals surface area contributed by atoms with Crippen LogP contribution in [-0.2, 0) is 9.47 Å². The van der Waals surface area contributed by atoms with Gasteiger partial charge in [-0.2, -0.15) is 4.68 Å². The zero-order valence-electron chi connectivity index (χ0n) is 19.0. The van der Waals surface area contributed by atoms with Gasteiger partial charge < -0.3 is 19.5 Å². The van der Waals surface area contributed by atoms with Gasteiger partial charge in [-0.3, -0.25) is 4.79 Å². The summed E-state index contributed by atoms with van der Waals surface area (Å²) in [5.74, 6) is -0.0210. The fraction of sp³-hybridized carbons (Fsp3) is 0.250. The minimum Gasteiger partial charge on any atom is -0.425 e. The van der Waals surface area contributed by atoms with Crippen LogP contribution in [0.4, 0.5) is 15.0 Å². The predicted molar refractivity (Wildman–Crippen MR) is 124 cm³/mol. The summed E-state index contributed by atoms with van der Waals surface area (Å²) in [4.78, 5) is 33.1. The van der Waals surface area contributed by atoms with Gasteiger partial charge in [0.15, 0.2) is 35.5 Å². The molecule has 3 heterocycles. The lowest BCUT2D eigenvalue weighted by molar-refractivity contribution is -0.0346. The van der Waals surface area contributed by atoms with E-state index in [9.17, 15) is 9.59 Å². The molecule has 4 atom stereocenters. The Labute approximate surface area is 204 Å². The van der Waals surface area contributed by atoms with E-state index < -0.39 is 36.7 Å². The lowest BCUT2D eigenvalue weighted by Crippen LogP contribution is -2.34. The minimum atomic E-state index is -1.79. The second kappa shape index (κ2) is 10.0. The summed E-state index contributed by atoms with van der Waals surface area (Å²) in [6.45, 7) is 1.78. The number of rotatable bonds is 6. The average Bonchev–Trinajstić information content (AvgIpc) is 3.46. The molecule has 0 aliphatic carbocycles. The molecule has 2 aromatic carbocycles. The van der Waals surface area contributed by atoms with Crippen LogP contribution in [0.5, 0.6) is 5.75 Å². The zero-order valence-corrected chi connectivity index (χ0v) is 19.0. The third-order valence-electron chi connectivity index (χ3n) is 5.62. The highest BCUT2D eigenvalue weighted by Gasteiger charge is 2.49. The summed E-state index contributed by atoms with van der Waals surface area (Å²) in [5.41, 5.74) is 0.717. The number of amides is 1. The first-order valence-corrected chi connectivity index (χ1v) is 11.2. The Bertz CT molecular complexity index is 1370. The number of aromatic nitrogens is 5. The number of benzene rings is 2. The van der Waals surface area contributed by atoms with Crippen molar-refractivity contribution in [2.45, 2.75) is 38.0 Å². The molecule has 1 aliphatic heterocycles. The van der Waals surface area contributed by atoms with Crippen molar-refractivity contribution in [1.29, 1.82) is 0 Å². The molecular weight excluding hydrogens is 471 g/mol. The number of nitrogens with one attached hydrogen (secondary N) is 1. The van der Waals surface area contributed by atoms with Gasteiger partial charge in [0.05, 0.1) is 0 Å². The second-order valence-corrected chi connectivity index (χ2v) is 7.91. The van der Waals surface area contributed by atoms with E-state index in [0.717, 1.165) is 4.68 Å². The van der Waals surface area contributed by atoms with Gasteiger partial charge in [0.2, 0.25) is 0 Å². The molecule has 0 unspecified atom stereocenters. The molecule has 36 heavy (non-hydrogen) atoms. The SMILES string of the molecule is CC[C@H]1O[C@@H](n2nnc3c(NC(=O)c4ccccc4)ncnc32)[C@@H](F)[C@@H]1OC(=O)Oc1ccccc1. The monoisotopic (exact) mass is 492 g/mol. The quantitative estimate of drug-likeness (QED) is 0.316. The zero-order chi connectivity index (χ0) is 25.1. The number of hydrogen-bond acceptors (Lipinski definition) is 9. The normalized spacial score (nSPS) is 21.3. The van der Waals surface area contributed by atoms with E-state index in [0.29, 0.717) is 12.0 Å². The first kappa shape index (κ1) is 23.3. The Morgan fingerprint density at radius 3 is 2.53 bits per heavy atom. The molecule has 0 saturated carbocycles. The molecular formula is C24H21FN6O5. The number of hydrogen-bond donors (Lipinski definition) is 1. The number of alkyl halides is 1. The molecule has 0 radical (unpaired) electrons. The summed E-state index contributed by atoms with van der Waals surface area (Å²) in [7, 11) is 0. The molecule has 0 spiro atoms. The van der Waals surface area contributed by atoms with Crippen molar-refractivity contribution >= 4 is 29.0 Å². The minimum absolute atomic E-state index is 0.111. The summed E-state index contributed by atoms with van der Waals surface area (Å²) >= 11 is 0. The van der Waals surface area contributed by atoms with Gasteiger partial charge in [-0.05, 0) is 30.7 Å². The standard InChI is InChI=1S/C24H21FN6O5/c1-2-16-19(36-24(33)34-15-11-7-4-8-12-15)17(25)23(35-16)31-21-18(29-30-31)20(26-13-27-21)28-22(32)14-9-5-3-6-10-14/h3-13,16-17,19,23H,2H2,1H3,(H,26,27,28,32)/t16-,17+,19-,23-/m1/s1. The summed E-state index contributed by atoms with van der Waals surface area (Å²) in [6, 6.07) is 16.9. The van der Waals surface area contributed by atoms with Crippen molar-refractivity contribution in [3.8, 4) is 5.75 Å². The first-order chi connectivity index (χ1) is 17.5. The van der Waals surface area contributed by atoms with Gasteiger partial charge in [-0.15, -0.1) is 5.10 Å². The van der Waals surface area contributed by atoms with Gasteiger partial charge in [-0.25, -0.2) is 19.2 Å². The number of halogens is 1. The Hall–Kier alpha value is -4.45. The number of nitrogens with zero attached hydrogens (tertiary/aromatic N) is 5. The van der Waals surface area contributed by atoms with Gasteiger partial charge in [0.1, 0.15) is 18.2 Å². The average molecular weight is 492 g/mol. The topological polar surface area (TPSA) is 130 Å². The van der Waals surface area contributed by atoms with E-state index >= 15 is 4.39 Å². The Morgan fingerprint density at radius 1 is 1.08 bits per heavy atom. The second-order valence-electron chi connectivity index (χ2n) is 7.91. The van der Waals surface area contributed by atoms with Crippen LogP contribution >= 0.6 is 0 Å². The van der Waals surface area contributed by atoms with Crippen LogP contribution in [0.25, 0.3) is 11.2 Å². The molecule has 11 nitrogen and oxygen atoms in total. The van der Waals surface area contributed by atoms with Crippen LogP contribution in [-0.4, -0.2) is 55.4 Å². The molecule has 4 aromatic rings. The van der Waals surface area contributed by atoms with Crippen molar-refractivity contribution in [3.63, 3.8) is 0 Å². The molecule has 1 fully saturated rings. The lowest BCUT2D eigenvalue weighted by atomic mass is 10.1. The van der Waals surface area contributed by atoms with Gasteiger partial charge in [-0.1, -0.05) is 48.5 Å². The Balaban J connectivity index is 1.35. The van der Waals surface area contributed by atoms with Crippen molar-refractivity contribution in [3.05, 3.63) is 72.6 Å². The fourth-order valence-corrected chi connectivity index (χ4v) is 3.88. The molecule has 2 aromatic heterocycles. The lowest BCUT2D eigenvalue weighted by Gasteiger charge is -2.18. The van der Waals surface area contributed by atoms with Crippen molar-refractivity contribution < 1.29 is 28.2 Å². The van der Waals surface area contributed by atoms with E-state index in [4.69, 9.17) is 14.2 Å². The third kappa shape index (κ3) is 4.58. The third-order valence-corrected chi connectivity index (χ3v) is 5.62. The van der Waals surface area contributed by atoms with Crippen LogP contribution in [0.3, 0.4) is 0 Å². The van der Waals surface area contributed by atoms with Gasteiger partial charge >= 0.3 is 6.16 Å². The molecule has 1 N–H and O–H groups in total. The van der Waals surface area contributed by atoms with Crippen LogP contribution in [0.1, 0.15) is 29.9 Å². The molecule has 1 saturated heterocycles. The van der Waals surface area contributed by atoms with E-state index in [2.05, 4.69) is 25.6 Å². The number of para-hydroxylation sites is 1. The highest BCUT2D eigenvalue weighted by atomic mass is 19.1. The number of fused-ring (bicyclic) bond motifs is 1. The molecule has 1 aliphatic rings. The smallest absolute Gasteiger partial charge is 0.425 e. The largest absolute Gasteiger partial charge is 0.514 e. The molecule has 12 heteroatoms. The van der Waals surface area contributed by atoms with Crippen molar-refractivity contribution in [2.24, 2.45) is 0 Å². The van der Waals surface area contributed by atoms with E-state index in [1.807, 2.05) is 0 Å².